The molecule has 6 heteroatoms. The summed E-state index contributed by atoms with van der Waals surface area (Å²) in [5.41, 5.74) is 4.11. The topological polar surface area (TPSA) is 61.7 Å². The van der Waals surface area contributed by atoms with Crippen molar-refractivity contribution >= 4 is 22.9 Å². The van der Waals surface area contributed by atoms with Gasteiger partial charge < -0.3 is 5.32 Å². The number of nitrogens with one attached hydrogen (secondary N) is 2. The summed E-state index contributed by atoms with van der Waals surface area (Å²) in [7, 11) is 0. The Morgan fingerprint density at radius 2 is 1.68 bits per heavy atom. The molecule has 1 fully saturated rings. The summed E-state index contributed by atoms with van der Waals surface area (Å²) >= 11 is 6.03. The third-order valence-corrected chi connectivity index (χ3v) is 4.90. The van der Waals surface area contributed by atoms with Crippen molar-refractivity contribution in [2.24, 2.45) is 10.2 Å². The number of benzene rings is 1. The molecule has 2 N–H and O–H groups in total. The minimum atomic E-state index is -0.129. The Morgan fingerprint density at radius 1 is 0.960 bits per heavy atom. The van der Waals surface area contributed by atoms with Gasteiger partial charge in [-0.2, -0.15) is 10.2 Å². The van der Waals surface area contributed by atoms with Gasteiger partial charge in [0.05, 0.1) is 5.70 Å². The van der Waals surface area contributed by atoms with Crippen LogP contribution in [0.25, 0.3) is 11.3 Å². The van der Waals surface area contributed by atoms with Gasteiger partial charge in [-0.1, -0.05) is 23.7 Å². The van der Waals surface area contributed by atoms with Gasteiger partial charge in [0.2, 0.25) is 0 Å². The lowest BCUT2D eigenvalue weighted by Gasteiger charge is -2.26. The van der Waals surface area contributed by atoms with Crippen LogP contribution in [-0.4, -0.2) is 30.3 Å². The number of rotatable bonds is 4. The van der Waals surface area contributed by atoms with Crippen molar-refractivity contribution in [3.63, 3.8) is 0 Å². The zero-order chi connectivity index (χ0) is 17.1. The number of hydrogen-bond acceptors (Lipinski definition) is 5. The summed E-state index contributed by atoms with van der Waals surface area (Å²) in [5, 5.41) is 16.8. The van der Waals surface area contributed by atoms with E-state index in [1.54, 1.807) is 0 Å². The molecular formula is C19H20ClN5. The van der Waals surface area contributed by atoms with Crippen molar-refractivity contribution in [1.29, 1.82) is 0 Å². The molecule has 2 aliphatic heterocycles. The molecule has 2 aromatic rings. The Hall–Kier alpha value is -2.08. The largest absolute Gasteiger partial charge is 0.317 e. The van der Waals surface area contributed by atoms with Gasteiger partial charge in [-0.25, -0.2) is 0 Å². The first kappa shape index (κ1) is 16.4. The van der Waals surface area contributed by atoms with Gasteiger partial charge >= 0.3 is 0 Å². The van der Waals surface area contributed by atoms with Crippen LogP contribution in [0.2, 0.25) is 5.02 Å². The number of pyridine rings is 1. The fourth-order valence-electron chi connectivity index (χ4n) is 3.33. The Balaban J connectivity index is 1.70. The molecular weight excluding hydrogens is 334 g/mol. The summed E-state index contributed by atoms with van der Waals surface area (Å²) < 4.78 is 0. The molecule has 2 aliphatic rings. The average molecular weight is 354 g/mol. The van der Waals surface area contributed by atoms with Gasteiger partial charge in [0, 0.05) is 34.6 Å². The molecule has 3 heterocycles. The van der Waals surface area contributed by atoms with E-state index in [9.17, 15) is 0 Å². The molecule has 4 rings (SSSR count). The number of hydrogen-bond donors (Lipinski definition) is 2. The van der Waals surface area contributed by atoms with E-state index < -0.39 is 0 Å². The Bertz CT molecular complexity index is 779. The lowest BCUT2D eigenvalue weighted by Crippen LogP contribution is -2.44. The maximum Gasteiger partial charge on any atom is 0.150 e. The summed E-state index contributed by atoms with van der Waals surface area (Å²) in [6.07, 6.45) is 5.69. The van der Waals surface area contributed by atoms with E-state index in [4.69, 9.17) is 11.6 Å². The van der Waals surface area contributed by atoms with Crippen molar-refractivity contribution in [2.75, 3.05) is 13.1 Å². The summed E-state index contributed by atoms with van der Waals surface area (Å²) in [5.74, 6) is 0. The van der Waals surface area contributed by atoms with E-state index in [0.717, 1.165) is 48.3 Å². The van der Waals surface area contributed by atoms with E-state index in [1.165, 1.54) is 0 Å². The van der Waals surface area contributed by atoms with Crippen molar-refractivity contribution < 1.29 is 0 Å². The van der Waals surface area contributed by atoms with E-state index >= 15 is 0 Å². The van der Waals surface area contributed by atoms with Crippen molar-refractivity contribution in [3.8, 4) is 0 Å². The molecule has 0 amide bonds. The van der Waals surface area contributed by atoms with Crippen LogP contribution in [0.3, 0.4) is 0 Å². The molecule has 128 valence electrons. The fraction of sp³-hybridized carbons (Fsp3) is 0.316. The molecule has 0 radical (unpaired) electrons. The molecule has 5 nitrogen and oxygen atoms in total. The highest BCUT2D eigenvalue weighted by Crippen LogP contribution is 2.36. The summed E-state index contributed by atoms with van der Waals surface area (Å²) in [6, 6.07) is 12.2. The Morgan fingerprint density at radius 3 is 2.40 bits per heavy atom. The molecule has 0 aliphatic carbocycles. The number of azo groups is 1. The van der Waals surface area contributed by atoms with Crippen molar-refractivity contribution in [1.82, 2.24) is 15.6 Å². The second-order valence-corrected chi connectivity index (χ2v) is 6.75. The van der Waals surface area contributed by atoms with Crippen LogP contribution in [0.15, 0.2) is 59.0 Å². The first-order valence-corrected chi connectivity index (χ1v) is 8.97. The molecule has 1 aromatic carbocycles. The summed E-state index contributed by atoms with van der Waals surface area (Å²) in [6.45, 7) is 2.08. The minimum Gasteiger partial charge on any atom is -0.317 e. The van der Waals surface area contributed by atoms with Gasteiger partial charge in [-0.3, -0.25) is 10.3 Å². The molecule has 0 saturated carbocycles. The van der Waals surface area contributed by atoms with Crippen LogP contribution < -0.4 is 10.6 Å². The lowest BCUT2D eigenvalue weighted by atomic mass is 9.97. The third-order valence-electron chi connectivity index (χ3n) is 4.64. The van der Waals surface area contributed by atoms with Gasteiger partial charge in [0.1, 0.15) is 6.17 Å². The van der Waals surface area contributed by atoms with Gasteiger partial charge in [-0.15, -0.1) is 0 Å². The molecule has 1 saturated heterocycles. The molecule has 1 aromatic heterocycles. The third kappa shape index (κ3) is 3.63. The maximum atomic E-state index is 6.03. The highest BCUT2D eigenvalue weighted by Gasteiger charge is 2.28. The first-order chi connectivity index (χ1) is 12.3. The predicted octanol–water partition coefficient (Wildman–Crippen LogP) is 3.74. The standard InChI is InChI=1S/C19H20ClN5/c20-15-3-1-14(2-4-15)18-17(13-5-9-21-10-6-13)19(25-24-18)23-16-7-11-22-12-8-16/h1-6,9-10,16,19,22-23H,7-8,11-12H2. The number of aromatic nitrogens is 1. The smallest absolute Gasteiger partial charge is 0.150 e. The number of nitrogens with zero attached hydrogens (tertiary/aromatic N) is 3. The van der Waals surface area contributed by atoms with Crippen molar-refractivity contribution in [3.05, 3.63) is 64.9 Å². The highest BCUT2D eigenvalue weighted by molar-refractivity contribution is 6.30. The van der Waals surface area contributed by atoms with Gasteiger partial charge in [0.15, 0.2) is 0 Å². The molecule has 0 spiro atoms. The first-order valence-electron chi connectivity index (χ1n) is 8.59. The summed E-state index contributed by atoms with van der Waals surface area (Å²) in [4.78, 5) is 4.14. The second kappa shape index (κ2) is 7.44. The molecule has 1 atom stereocenters. The zero-order valence-electron chi connectivity index (χ0n) is 13.8. The number of piperidine rings is 1. The number of halogens is 1. The van der Waals surface area contributed by atoms with Crippen LogP contribution >= 0.6 is 11.6 Å². The van der Waals surface area contributed by atoms with Crippen LogP contribution in [-0.2, 0) is 0 Å². The van der Waals surface area contributed by atoms with Gasteiger partial charge in [-0.05, 0) is 55.8 Å². The van der Waals surface area contributed by atoms with Crippen LogP contribution in [0.5, 0.6) is 0 Å². The maximum absolute atomic E-state index is 6.03. The van der Waals surface area contributed by atoms with Crippen LogP contribution in [0.4, 0.5) is 0 Å². The zero-order valence-corrected chi connectivity index (χ0v) is 14.6. The quantitative estimate of drug-likeness (QED) is 0.880. The fourth-order valence-corrected chi connectivity index (χ4v) is 3.46. The molecule has 25 heavy (non-hydrogen) atoms. The van der Waals surface area contributed by atoms with Crippen LogP contribution in [0, 0.1) is 0 Å². The Labute approximate surface area is 152 Å². The molecule has 0 bridgehead atoms. The highest BCUT2D eigenvalue weighted by atomic mass is 35.5. The normalized spacial score (nSPS) is 21.1. The van der Waals surface area contributed by atoms with Crippen LogP contribution in [0.1, 0.15) is 24.0 Å². The Kier molecular flexibility index (Phi) is 4.88. The molecule has 1 unspecified atom stereocenters. The van der Waals surface area contributed by atoms with E-state index in [0.29, 0.717) is 11.1 Å². The lowest BCUT2D eigenvalue weighted by molar-refractivity contribution is 0.373. The second-order valence-electron chi connectivity index (χ2n) is 6.31. The minimum absolute atomic E-state index is 0.129. The average Bonchev–Trinajstić information content (AvgIpc) is 3.07. The van der Waals surface area contributed by atoms with E-state index in [-0.39, 0.29) is 6.17 Å². The van der Waals surface area contributed by atoms with E-state index in [2.05, 4.69) is 25.8 Å². The monoisotopic (exact) mass is 353 g/mol. The van der Waals surface area contributed by atoms with Gasteiger partial charge in [0.25, 0.3) is 0 Å². The van der Waals surface area contributed by atoms with E-state index in [1.807, 2.05) is 48.8 Å². The predicted molar refractivity (Wildman–Crippen MR) is 100 cm³/mol. The SMILES string of the molecule is Clc1ccc(C2=C(c3ccncc3)C(NC3CCNCC3)N=N2)cc1. The van der Waals surface area contributed by atoms with Crippen molar-refractivity contribution in [2.45, 2.75) is 25.0 Å².